The highest BCUT2D eigenvalue weighted by atomic mass is 32.2. The van der Waals surface area contributed by atoms with E-state index in [1.807, 2.05) is 0 Å². The largest absolute Gasteiger partial charge is 0.327 e. The van der Waals surface area contributed by atoms with Crippen molar-refractivity contribution in [2.45, 2.75) is 37.4 Å². The highest BCUT2D eigenvalue weighted by Gasteiger charge is 2.13. The summed E-state index contributed by atoms with van der Waals surface area (Å²) < 4.78 is 0. The second-order valence-corrected chi connectivity index (χ2v) is 4.81. The molecule has 0 heterocycles. The van der Waals surface area contributed by atoms with E-state index in [9.17, 15) is 0 Å². The molecule has 1 aliphatic carbocycles. The maximum absolute atomic E-state index is 5.47. The zero-order valence-electron chi connectivity index (χ0n) is 7.72. The van der Waals surface area contributed by atoms with Gasteiger partial charge in [-0.15, -0.1) is 0 Å². The van der Waals surface area contributed by atoms with Crippen LogP contribution in [-0.4, -0.2) is 17.5 Å². The lowest BCUT2D eigenvalue weighted by Gasteiger charge is -2.21. The normalized spacial score (nSPS) is 19.4. The molecule has 1 saturated carbocycles. The summed E-state index contributed by atoms with van der Waals surface area (Å²) in [5.74, 6) is 1.07. The average molecular weight is 185 g/mol. The van der Waals surface area contributed by atoms with Gasteiger partial charge in [-0.05, 0) is 12.8 Å². The molecule has 0 aromatic rings. The van der Waals surface area contributed by atoms with E-state index in [2.05, 4.69) is 18.3 Å². The van der Waals surface area contributed by atoms with Crippen molar-refractivity contribution in [1.29, 1.82) is 0 Å². The van der Waals surface area contributed by atoms with Crippen LogP contribution < -0.4 is 5.73 Å². The number of hydrogen-bond donors (Lipinski definition) is 1. The standard InChI is InChI=1S/C10H19NS/c1-9(7-11)8-12-10-5-3-2-4-6-10/h10H,1-8,11H2. The summed E-state index contributed by atoms with van der Waals surface area (Å²) in [6, 6.07) is 0. The second kappa shape index (κ2) is 5.65. The van der Waals surface area contributed by atoms with Crippen LogP contribution in [-0.2, 0) is 0 Å². The quantitative estimate of drug-likeness (QED) is 0.681. The monoisotopic (exact) mass is 185 g/mol. The van der Waals surface area contributed by atoms with E-state index in [1.54, 1.807) is 0 Å². The van der Waals surface area contributed by atoms with Crippen LogP contribution in [0, 0.1) is 0 Å². The van der Waals surface area contributed by atoms with Crippen molar-refractivity contribution in [2.75, 3.05) is 12.3 Å². The van der Waals surface area contributed by atoms with E-state index in [1.165, 1.54) is 37.7 Å². The van der Waals surface area contributed by atoms with Gasteiger partial charge < -0.3 is 5.73 Å². The van der Waals surface area contributed by atoms with E-state index >= 15 is 0 Å². The van der Waals surface area contributed by atoms with Crippen molar-refractivity contribution in [1.82, 2.24) is 0 Å². The van der Waals surface area contributed by atoms with Crippen LogP contribution in [0.25, 0.3) is 0 Å². The highest BCUT2D eigenvalue weighted by Crippen LogP contribution is 2.28. The van der Waals surface area contributed by atoms with Gasteiger partial charge in [-0.3, -0.25) is 0 Å². The number of thioether (sulfide) groups is 1. The highest BCUT2D eigenvalue weighted by molar-refractivity contribution is 8.00. The number of rotatable bonds is 4. The predicted octanol–water partition coefficient (Wildman–Crippen LogP) is 2.57. The van der Waals surface area contributed by atoms with Gasteiger partial charge in [0.25, 0.3) is 0 Å². The molecular weight excluding hydrogens is 166 g/mol. The summed E-state index contributed by atoms with van der Waals surface area (Å²) in [5.41, 5.74) is 6.66. The Morgan fingerprint density at radius 3 is 2.58 bits per heavy atom. The van der Waals surface area contributed by atoms with Crippen molar-refractivity contribution in [2.24, 2.45) is 5.73 Å². The molecule has 0 saturated heterocycles. The first-order valence-electron chi connectivity index (χ1n) is 4.81. The van der Waals surface area contributed by atoms with Crippen LogP contribution >= 0.6 is 11.8 Å². The summed E-state index contributed by atoms with van der Waals surface area (Å²) in [5, 5.41) is 0.891. The molecule has 1 rings (SSSR count). The molecule has 2 heteroatoms. The van der Waals surface area contributed by atoms with Gasteiger partial charge >= 0.3 is 0 Å². The van der Waals surface area contributed by atoms with Crippen LogP contribution in [0.3, 0.4) is 0 Å². The minimum Gasteiger partial charge on any atom is -0.327 e. The molecule has 0 bridgehead atoms. The first-order chi connectivity index (χ1) is 5.83. The Morgan fingerprint density at radius 1 is 1.33 bits per heavy atom. The van der Waals surface area contributed by atoms with E-state index in [0.29, 0.717) is 6.54 Å². The molecule has 2 N–H and O–H groups in total. The van der Waals surface area contributed by atoms with Crippen molar-refractivity contribution < 1.29 is 0 Å². The predicted molar refractivity (Wildman–Crippen MR) is 57.5 cm³/mol. The van der Waals surface area contributed by atoms with Crippen molar-refractivity contribution in [3.05, 3.63) is 12.2 Å². The topological polar surface area (TPSA) is 26.0 Å². The van der Waals surface area contributed by atoms with E-state index in [-0.39, 0.29) is 0 Å². The van der Waals surface area contributed by atoms with Gasteiger partial charge in [-0.1, -0.05) is 31.4 Å². The zero-order valence-corrected chi connectivity index (χ0v) is 8.54. The number of hydrogen-bond acceptors (Lipinski definition) is 2. The summed E-state index contributed by atoms with van der Waals surface area (Å²) in [4.78, 5) is 0. The van der Waals surface area contributed by atoms with Gasteiger partial charge in [0.2, 0.25) is 0 Å². The van der Waals surface area contributed by atoms with Crippen LogP contribution in [0.15, 0.2) is 12.2 Å². The van der Waals surface area contributed by atoms with Crippen molar-refractivity contribution >= 4 is 11.8 Å². The lowest BCUT2D eigenvalue weighted by Crippen LogP contribution is -2.11. The fourth-order valence-electron chi connectivity index (χ4n) is 1.53. The van der Waals surface area contributed by atoms with Gasteiger partial charge in [0.05, 0.1) is 0 Å². The molecule has 1 fully saturated rings. The fraction of sp³-hybridized carbons (Fsp3) is 0.800. The van der Waals surface area contributed by atoms with Crippen LogP contribution in [0.2, 0.25) is 0 Å². The molecule has 1 aliphatic rings. The van der Waals surface area contributed by atoms with E-state index in [0.717, 1.165) is 11.0 Å². The Kier molecular flexibility index (Phi) is 4.77. The minimum absolute atomic E-state index is 0.652. The summed E-state index contributed by atoms with van der Waals surface area (Å²) in [7, 11) is 0. The lowest BCUT2D eigenvalue weighted by molar-refractivity contribution is 0.516. The van der Waals surface area contributed by atoms with E-state index in [4.69, 9.17) is 5.73 Å². The Bertz CT molecular complexity index is 139. The molecule has 1 nitrogen and oxygen atoms in total. The molecule has 0 aromatic carbocycles. The molecule has 70 valence electrons. The van der Waals surface area contributed by atoms with Gasteiger partial charge in [0.15, 0.2) is 0 Å². The van der Waals surface area contributed by atoms with Gasteiger partial charge in [-0.25, -0.2) is 0 Å². The SMILES string of the molecule is C=C(CN)CSC1CCCCC1. The number of nitrogens with two attached hydrogens (primary N) is 1. The van der Waals surface area contributed by atoms with Gasteiger partial charge in [0, 0.05) is 17.5 Å². The zero-order chi connectivity index (χ0) is 8.81. The summed E-state index contributed by atoms with van der Waals surface area (Å²) in [6.07, 6.45) is 7.10. The molecule has 0 aliphatic heterocycles. The molecule has 12 heavy (non-hydrogen) atoms. The maximum Gasteiger partial charge on any atom is 0.0155 e. The average Bonchev–Trinajstić information content (AvgIpc) is 2.16. The lowest BCUT2D eigenvalue weighted by atomic mass is 10.0. The first-order valence-corrected chi connectivity index (χ1v) is 5.86. The molecule has 0 aromatic heterocycles. The van der Waals surface area contributed by atoms with Crippen LogP contribution in [0.4, 0.5) is 0 Å². The van der Waals surface area contributed by atoms with Crippen LogP contribution in [0.1, 0.15) is 32.1 Å². The second-order valence-electron chi connectivity index (χ2n) is 3.53. The summed E-state index contributed by atoms with van der Waals surface area (Å²) >= 11 is 2.05. The molecule has 0 spiro atoms. The van der Waals surface area contributed by atoms with Gasteiger partial charge in [0.1, 0.15) is 0 Å². The Morgan fingerprint density at radius 2 is 2.00 bits per heavy atom. The minimum atomic E-state index is 0.652. The maximum atomic E-state index is 5.47. The molecule has 0 amide bonds. The third kappa shape index (κ3) is 3.63. The summed E-state index contributed by atoms with van der Waals surface area (Å²) in [6.45, 7) is 4.56. The molecule has 0 radical (unpaired) electrons. The fourth-order valence-corrected chi connectivity index (χ4v) is 2.78. The first kappa shape index (κ1) is 10.1. The Labute approximate surface area is 79.8 Å². The molecule has 0 unspecified atom stereocenters. The van der Waals surface area contributed by atoms with Crippen molar-refractivity contribution in [3.63, 3.8) is 0 Å². The van der Waals surface area contributed by atoms with Gasteiger partial charge in [-0.2, -0.15) is 11.8 Å². The molecular formula is C10H19NS. The van der Waals surface area contributed by atoms with Crippen LogP contribution in [0.5, 0.6) is 0 Å². The molecule has 0 atom stereocenters. The van der Waals surface area contributed by atoms with Crippen molar-refractivity contribution in [3.8, 4) is 0 Å². The van der Waals surface area contributed by atoms with E-state index < -0.39 is 0 Å². The third-order valence-electron chi connectivity index (χ3n) is 2.36. The third-order valence-corrected chi connectivity index (χ3v) is 3.88. The Hall–Kier alpha value is 0.0500. The Balaban J connectivity index is 2.09. The smallest absolute Gasteiger partial charge is 0.0155 e.